The maximum atomic E-state index is 12.4. The van der Waals surface area contributed by atoms with Gasteiger partial charge < -0.3 is 14.7 Å². The Morgan fingerprint density at radius 3 is 2.72 bits per heavy atom. The molecule has 0 saturated carbocycles. The molecule has 0 aromatic heterocycles. The van der Waals surface area contributed by atoms with Gasteiger partial charge in [0.05, 0.1) is 13.2 Å². The van der Waals surface area contributed by atoms with Crippen molar-refractivity contribution in [3.05, 3.63) is 29.3 Å². The summed E-state index contributed by atoms with van der Waals surface area (Å²) in [6.07, 6.45) is 0.701. The Hall–Kier alpha value is -2.37. The number of carboxylic acids is 1. The van der Waals surface area contributed by atoms with Gasteiger partial charge in [-0.3, -0.25) is 4.55 Å². The minimum Gasteiger partial charge on any atom is -0.493 e. The van der Waals surface area contributed by atoms with Gasteiger partial charge in [-0.05, 0) is 18.1 Å². The second kappa shape index (κ2) is 6.17. The summed E-state index contributed by atoms with van der Waals surface area (Å²) in [5.41, 5.74) is 0.668. The van der Waals surface area contributed by atoms with E-state index in [1.54, 1.807) is 12.1 Å². The van der Waals surface area contributed by atoms with Crippen LogP contribution in [-0.2, 0) is 19.5 Å². The number of amides is 2. The standard InChI is InChI=1S/C14H16N2O8S/c1-2-6-23-10-5-3-4-8-11(10)9-7-15(12(8)13(17)18)14(19)16(9)24-25(20,21)22/h3-5,9,12H,2,6-7H2,1H3,(H,17,18)(H,20,21,22). The molecule has 1 aromatic rings. The van der Waals surface area contributed by atoms with Crippen LogP contribution in [0, 0.1) is 0 Å². The Balaban J connectivity index is 2.14. The second-order valence-corrected chi connectivity index (χ2v) is 6.63. The Morgan fingerprint density at radius 1 is 1.40 bits per heavy atom. The summed E-state index contributed by atoms with van der Waals surface area (Å²) < 4.78 is 41.1. The van der Waals surface area contributed by atoms with E-state index < -0.39 is 34.5 Å². The van der Waals surface area contributed by atoms with Gasteiger partial charge in [-0.1, -0.05) is 19.1 Å². The quantitative estimate of drug-likeness (QED) is 0.710. The number of urea groups is 1. The zero-order chi connectivity index (χ0) is 18.4. The lowest BCUT2D eigenvalue weighted by Crippen LogP contribution is -2.38. The predicted octanol–water partition coefficient (Wildman–Crippen LogP) is 1.13. The molecule has 0 aliphatic carbocycles. The first-order valence-electron chi connectivity index (χ1n) is 7.50. The van der Waals surface area contributed by atoms with Gasteiger partial charge in [0.2, 0.25) is 0 Å². The van der Waals surface area contributed by atoms with Gasteiger partial charge in [-0.2, -0.15) is 13.5 Å². The van der Waals surface area contributed by atoms with Crippen molar-refractivity contribution < 1.29 is 36.7 Å². The van der Waals surface area contributed by atoms with Crippen molar-refractivity contribution in [2.45, 2.75) is 25.4 Å². The minimum absolute atomic E-state index is 0.106. The van der Waals surface area contributed by atoms with Crippen LogP contribution in [0.3, 0.4) is 0 Å². The number of hydrogen-bond donors (Lipinski definition) is 2. The average Bonchev–Trinajstić information content (AvgIpc) is 2.77. The molecular formula is C14H16N2O8S. The van der Waals surface area contributed by atoms with Crippen molar-refractivity contribution in [1.29, 1.82) is 0 Å². The average molecular weight is 372 g/mol. The SMILES string of the molecule is CCCOc1cccc2c1C1CN(C(=O)N1OS(=O)(=O)O)C2C(=O)O. The Bertz CT molecular complexity index is 824. The third-order valence-corrected chi connectivity index (χ3v) is 4.35. The van der Waals surface area contributed by atoms with Crippen LogP contribution in [0.2, 0.25) is 0 Å². The van der Waals surface area contributed by atoms with E-state index in [2.05, 4.69) is 4.28 Å². The zero-order valence-electron chi connectivity index (χ0n) is 13.2. The number of carbonyl (C=O) groups is 2. The van der Waals surface area contributed by atoms with E-state index in [0.717, 1.165) is 4.90 Å². The Kier molecular flexibility index (Phi) is 4.31. The first-order valence-corrected chi connectivity index (χ1v) is 8.86. The molecule has 2 aliphatic rings. The lowest BCUT2D eigenvalue weighted by molar-refractivity contribution is -0.142. The van der Waals surface area contributed by atoms with Gasteiger partial charge in [-0.15, -0.1) is 4.28 Å². The number of benzene rings is 1. The highest BCUT2D eigenvalue weighted by Gasteiger charge is 2.53. The van der Waals surface area contributed by atoms with Gasteiger partial charge >= 0.3 is 22.4 Å². The molecule has 11 heteroatoms. The van der Waals surface area contributed by atoms with Crippen molar-refractivity contribution >= 4 is 22.4 Å². The van der Waals surface area contributed by atoms with Crippen LogP contribution in [0.4, 0.5) is 4.79 Å². The minimum atomic E-state index is -4.96. The summed E-state index contributed by atoms with van der Waals surface area (Å²) in [4.78, 5) is 25.1. The van der Waals surface area contributed by atoms with Crippen LogP contribution in [-0.4, -0.2) is 53.2 Å². The largest absolute Gasteiger partial charge is 0.493 e. The number of hydroxylamine groups is 2. The summed E-state index contributed by atoms with van der Waals surface area (Å²) >= 11 is 0. The highest BCUT2D eigenvalue weighted by Crippen LogP contribution is 2.47. The number of rotatable bonds is 6. The molecule has 2 aliphatic heterocycles. The lowest BCUT2D eigenvalue weighted by atomic mass is 9.90. The fourth-order valence-corrected chi connectivity index (χ4v) is 3.51. The van der Waals surface area contributed by atoms with Gasteiger partial charge in [0.15, 0.2) is 6.04 Å². The predicted molar refractivity (Wildman–Crippen MR) is 81.9 cm³/mol. The summed E-state index contributed by atoms with van der Waals surface area (Å²) in [5.74, 6) is -0.928. The molecular weight excluding hydrogens is 356 g/mol. The Morgan fingerprint density at radius 2 is 2.12 bits per heavy atom. The molecule has 2 N–H and O–H groups in total. The van der Waals surface area contributed by atoms with Gasteiger partial charge in [0, 0.05) is 5.56 Å². The van der Waals surface area contributed by atoms with Crippen LogP contribution < -0.4 is 4.74 Å². The zero-order valence-corrected chi connectivity index (χ0v) is 14.0. The molecule has 1 aromatic carbocycles. The van der Waals surface area contributed by atoms with E-state index in [4.69, 9.17) is 9.29 Å². The van der Waals surface area contributed by atoms with Crippen molar-refractivity contribution in [3.8, 4) is 5.75 Å². The normalized spacial score (nSPS) is 22.1. The van der Waals surface area contributed by atoms with Crippen molar-refractivity contribution in [3.63, 3.8) is 0 Å². The van der Waals surface area contributed by atoms with Crippen LogP contribution in [0.25, 0.3) is 0 Å². The number of ether oxygens (including phenoxy) is 1. The molecule has 10 nitrogen and oxygen atoms in total. The summed E-state index contributed by atoms with van der Waals surface area (Å²) in [6.45, 7) is 2.15. The number of carboxylic acid groups (broad SMARTS) is 1. The fraction of sp³-hybridized carbons (Fsp3) is 0.429. The third-order valence-electron chi connectivity index (χ3n) is 4.00. The van der Waals surface area contributed by atoms with E-state index in [1.807, 2.05) is 6.92 Å². The number of fused-ring (bicyclic) bond motifs is 4. The maximum Gasteiger partial charge on any atom is 0.418 e. The molecule has 3 rings (SSSR count). The molecule has 2 unspecified atom stereocenters. The molecule has 2 atom stereocenters. The molecule has 25 heavy (non-hydrogen) atoms. The van der Waals surface area contributed by atoms with Crippen LogP contribution in [0.1, 0.15) is 36.6 Å². The van der Waals surface area contributed by atoms with Gasteiger partial charge in [0.1, 0.15) is 11.8 Å². The van der Waals surface area contributed by atoms with Crippen LogP contribution >= 0.6 is 0 Å². The number of carbonyl (C=O) groups excluding carboxylic acids is 1. The smallest absolute Gasteiger partial charge is 0.418 e. The number of aliphatic carboxylic acids is 1. The number of hydrogen-bond acceptors (Lipinski definition) is 6. The molecule has 2 amide bonds. The Labute approximate surface area is 143 Å². The van der Waals surface area contributed by atoms with E-state index in [0.29, 0.717) is 35.0 Å². The summed E-state index contributed by atoms with van der Waals surface area (Å²) in [5, 5.41) is 10.0. The summed E-state index contributed by atoms with van der Waals surface area (Å²) in [6, 6.07) is 1.55. The molecule has 1 saturated heterocycles. The molecule has 2 bridgehead atoms. The highest BCUT2D eigenvalue weighted by molar-refractivity contribution is 7.80. The summed E-state index contributed by atoms with van der Waals surface area (Å²) in [7, 11) is -4.96. The van der Waals surface area contributed by atoms with Crippen LogP contribution in [0.5, 0.6) is 5.75 Å². The topological polar surface area (TPSA) is 134 Å². The fourth-order valence-electron chi connectivity index (χ4n) is 3.14. The first kappa shape index (κ1) is 17.5. The third kappa shape index (κ3) is 3.01. The van der Waals surface area contributed by atoms with Crippen LogP contribution in [0.15, 0.2) is 18.2 Å². The number of nitrogens with zero attached hydrogens (tertiary/aromatic N) is 2. The first-order chi connectivity index (χ1) is 11.7. The maximum absolute atomic E-state index is 12.4. The molecule has 0 radical (unpaired) electrons. The lowest BCUT2D eigenvalue weighted by Gasteiger charge is -2.31. The van der Waals surface area contributed by atoms with Gasteiger partial charge in [-0.25, -0.2) is 9.59 Å². The van der Waals surface area contributed by atoms with E-state index >= 15 is 0 Å². The van der Waals surface area contributed by atoms with Gasteiger partial charge in [0.25, 0.3) is 0 Å². The van der Waals surface area contributed by atoms with E-state index in [-0.39, 0.29) is 6.54 Å². The molecule has 1 fully saturated rings. The monoisotopic (exact) mass is 372 g/mol. The second-order valence-electron chi connectivity index (χ2n) is 5.63. The van der Waals surface area contributed by atoms with Crippen molar-refractivity contribution in [1.82, 2.24) is 9.96 Å². The van der Waals surface area contributed by atoms with Crippen molar-refractivity contribution in [2.75, 3.05) is 13.2 Å². The van der Waals surface area contributed by atoms with E-state index in [9.17, 15) is 23.1 Å². The molecule has 136 valence electrons. The molecule has 2 heterocycles. The highest BCUT2D eigenvalue weighted by atomic mass is 32.3. The van der Waals surface area contributed by atoms with Crippen molar-refractivity contribution in [2.24, 2.45) is 0 Å². The van der Waals surface area contributed by atoms with E-state index in [1.165, 1.54) is 6.07 Å². The molecule has 0 spiro atoms.